The van der Waals surface area contributed by atoms with Gasteiger partial charge in [-0.05, 0) is 62.2 Å². The summed E-state index contributed by atoms with van der Waals surface area (Å²) in [6.07, 6.45) is 1.51. The number of carbonyl (C=O) groups is 2. The highest BCUT2D eigenvalue weighted by atomic mass is 79.9. The first-order valence-electron chi connectivity index (χ1n) is 8.86. The Balaban J connectivity index is 1.77. The normalized spacial score (nSPS) is 14.7. The molecule has 6 nitrogen and oxygen atoms in total. The van der Waals surface area contributed by atoms with Crippen molar-refractivity contribution in [3.8, 4) is 5.75 Å². The van der Waals surface area contributed by atoms with E-state index in [1.807, 2.05) is 18.2 Å². The molecule has 2 aromatic carbocycles. The number of hydrogen-bond donors (Lipinski definition) is 2. The van der Waals surface area contributed by atoms with Gasteiger partial charge in [-0.1, -0.05) is 15.9 Å². The zero-order valence-electron chi connectivity index (χ0n) is 15.1. The first kappa shape index (κ1) is 19.2. The van der Waals surface area contributed by atoms with E-state index >= 15 is 0 Å². The van der Waals surface area contributed by atoms with E-state index in [4.69, 9.17) is 10.5 Å². The fourth-order valence-corrected chi connectivity index (χ4v) is 3.29. The van der Waals surface area contributed by atoms with Crippen molar-refractivity contribution in [1.82, 2.24) is 0 Å². The van der Waals surface area contributed by atoms with Crippen molar-refractivity contribution >= 4 is 39.1 Å². The molecule has 0 bridgehead atoms. The second-order valence-corrected chi connectivity index (χ2v) is 7.41. The van der Waals surface area contributed by atoms with Crippen molar-refractivity contribution in [1.29, 1.82) is 0 Å². The predicted octanol–water partition coefficient (Wildman–Crippen LogP) is 3.55. The molecule has 27 heavy (non-hydrogen) atoms. The van der Waals surface area contributed by atoms with Crippen LogP contribution in [0.25, 0.3) is 0 Å². The number of carbonyl (C=O) groups excluding carboxylic acids is 2. The van der Waals surface area contributed by atoms with E-state index in [1.165, 1.54) is 0 Å². The quantitative estimate of drug-likeness (QED) is 0.731. The fraction of sp³-hybridized carbons (Fsp3) is 0.300. The van der Waals surface area contributed by atoms with Crippen LogP contribution in [-0.4, -0.2) is 31.0 Å². The topological polar surface area (TPSA) is 84.7 Å². The van der Waals surface area contributed by atoms with E-state index in [-0.39, 0.29) is 5.91 Å². The SMILES string of the molecule is CC(Oc1ccc(Br)cc1)C(=O)Nc1cc(C(N)=O)ccc1N1CCCC1. The molecule has 1 fully saturated rings. The monoisotopic (exact) mass is 431 g/mol. The number of nitrogens with zero attached hydrogens (tertiary/aromatic N) is 1. The van der Waals surface area contributed by atoms with Crippen LogP contribution in [0.15, 0.2) is 46.9 Å². The van der Waals surface area contributed by atoms with E-state index in [1.54, 1.807) is 31.2 Å². The Hall–Kier alpha value is -2.54. The van der Waals surface area contributed by atoms with Crippen LogP contribution in [0.3, 0.4) is 0 Å². The van der Waals surface area contributed by atoms with Gasteiger partial charge in [0.15, 0.2) is 6.10 Å². The Labute approximate surface area is 166 Å². The van der Waals surface area contributed by atoms with Crippen molar-refractivity contribution in [3.63, 3.8) is 0 Å². The van der Waals surface area contributed by atoms with Gasteiger partial charge in [0.1, 0.15) is 5.75 Å². The summed E-state index contributed by atoms with van der Waals surface area (Å²) >= 11 is 3.37. The van der Waals surface area contributed by atoms with Gasteiger partial charge in [0.2, 0.25) is 5.91 Å². The molecule has 3 N–H and O–H groups in total. The lowest BCUT2D eigenvalue weighted by atomic mass is 10.1. The number of amides is 2. The van der Waals surface area contributed by atoms with Gasteiger partial charge in [-0.15, -0.1) is 0 Å². The molecule has 3 rings (SSSR count). The highest BCUT2D eigenvalue weighted by Crippen LogP contribution is 2.30. The van der Waals surface area contributed by atoms with Gasteiger partial charge < -0.3 is 20.7 Å². The molecule has 2 amide bonds. The summed E-state index contributed by atoms with van der Waals surface area (Å²) in [5, 5.41) is 2.89. The number of nitrogens with two attached hydrogens (primary N) is 1. The van der Waals surface area contributed by atoms with Gasteiger partial charge in [-0.25, -0.2) is 0 Å². The Morgan fingerprint density at radius 3 is 2.44 bits per heavy atom. The van der Waals surface area contributed by atoms with Gasteiger partial charge in [0.25, 0.3) is 5.91 Å². The molecule has 1 aliphatic rings. The van der Waals surface area contributed by atoms with Crippen LogP contribution < -0.4 is 20.7 Å². The van der Waals surface area contributed by atoms with Crippen molar-refractivity contribution in [2.24, 2.45) is 5.73 Å². The number of primary amides is 1. The molecule has 7 heteroatoms. The summed E-state index contributed by atoms with van der Waals surface area (Å²) < 4.78 is 6.64. The van der Waals surface area contributed by atoms with Crippen LogP contribution in [0, 0.1) is 0 Å². The Morgan fingerprint density at radius 1 is 1.15 bits per heavy atom. The molecule has 1 saturated heterocycles. The van der Waals surface area contributed by atoms with Crippen LogP contribution in [-0.2, 0) is 4.79 Å². The number of rotatable bonds is 6. The van der Waals surface area contributed by atoms with Crippen molar-refractivity contribution in [2.45, 2.75) is 25.9 Å². The molecule has 1 heterocycles. The minimum absolute atomic E-state index is 0.292. The van der Waals surface area contributed by atoms with Gasteiger partial charge >= 0.3 is 0 Å². The highest BCUT2D eigenvalue weighted by molar-refractivity contribution is 9.10. The lowest BCUT2D eigenvalue weighted by molar-refractivity contribution is -0.122. The number of benzene rings is 2. The molecule has 1 atom stereocenters. The summed E-state index contributed by atoms with van der Waals surface area (Å²) in [5.74, 6) is -0.218. The van der Waals surface area contributed by atoms with E-state index in [2.05, 4.69) is 26.1 Å². The Kier molecular flexibility index (Phi) is 6.01. The smallest absolute Gasteiger partial charge is 0.265 e. The summed E-state index contributed by atoms with van der Waals surface area (Å²) in [4.78, 5) is 26.4. The predicted molar refractivity (Wildman–Crippen MR) is 109 cm³/mol. The highest BCUT2D eigenvalue weighted by Gasteiger charge is 2.21. The largest absolute Gasteiger partial charge is 0.481 e. The molecule has 0 radical (unpaired) electrons. The summed E-state index contributed by atoms with van der Waals surface area (Å²) in [6.45, 7) is 3.53. The van der Waals surface area contributed by atoms with Gasteiger partial charge in [0, 0.05) is 23.1 Å². The van der Waals surface area contributed by atoms with Gasteiger partial charge in [-0.2, -0.15) is 0 Å². The summed E-state index contributed by atoms with van der Waals surface area (Å²) in [6, 6.07) is 12.4. The van der Waals surface area contributed by atoms with Crippen molar-refractivity contribution < 1.29 is 14.3 Å². The van der Waals surface area contributed by atoms with Gasteiger partial charge in [0.05, 0.1) is 11.4 Å². The van der Waals surface area contributed by atoms with Crippen molar-refractivity contribution in [3.05, 3.63) is 52.5 Å². The molecule has 0 aliphatic carbocycles. The molecule has 1 unspecified atom stereocenters. The lowest BCUT2D eigenvalue weighted by Crippen LogP contribution is -2.31. The minimum Gasteiger partial charge on any atom is -0.481 e. The Bertz CT molecular complexity index is 833. The third kappa shape index (κ3) is 4.80. The number of anilines is 2. The summed E-state index contributed by atoms with van der Waals surface area (Å²) in [7, 11) is 0. The molecule has 0 saturated carbocycles. The van der Waals surface area contributed by atoms with Crippen LogP contribution in [0.2, 0.25) is 0 Å². The average Bonchev–Trinajstić information content (AvgIpc) is 3.18. The standard InChI is InChI=1S/C20H22BrN3O3/c1-13(27-16-7-5-15(21)6-8-16)20(26)23-17-12-14(19(22)25)4-9-18(17)24-10-2-3-11-24/h4-9,12-13H,2-3,10-11H2,1H3,(H2,22,25)(H,23,26). The third-order valence-corrected chi connectivity index (χ3v) is 5.01. The van der Waals surface area contributed by atoms with Gasteiger partial charge in [-0.3, -0.25) is 9.59 Å². The van der Waals surface area contributed by atoms with E-state index in [9.17, 15) is 9.59 Å². The van der Waals surface area contributed by atoms with Crippen LogP contribution in [0.1, 0.15) is 30.1 Å². The molecule has 2 aromatic rings. The maximum Gasteiger partial charge on any atom is 0.265 e. The molecule has 142 valence electrons. The fourth-order valence-electron chi connectivity index (χ4n) is 3.03. The molecule has 0 aromatic heterocycles. The molecule has 0 spiro atoms. The first-order chi connectivity index (χ1) is 12.9. The zero-order valence-corrected chi connectivity index (χ0v) is 16.7. The van der Waals surface area contributed by atoms with E-state index in [0.29, 0.717) is 17.0 Å². The first-order valence-corrected chi connectivity index (χ1v) is 9.65. The number of halogens is 1. The van der Waals surface area contributed by atoms with E-state index in [0.717, 1.165) is 36.1 Å². The van der Waals surface area contributed by atoms with Crippen LogP contribution in [0.5, 0.6) is 5.75 Å². The molecular weight excluding hydrogens is 410 g/mol. The second-order valence-electron chi connectivity index (χ2n) is 6.49. The van der Waals surface area contributed by atoms with Crippen molar-refractivity contribution in [2.75, 3.05) is 23.3 Å². The molecular formula is C20H22BrN3O3. The lowest BCUT2D eigenvalue weighted by Gasteiger charge is -2.23. The number of ether oxygens (including phenoxy) is 1. The maximum atomic E-state index is 12.7. The number of hydrogen-bond acceptors (Lipinski definition) is 4. The number of nitrogens with one attached hydrogen (secondary N) is 1. The Morgan fingerprint density at radius 2 is 1.81 bits per heavy atom. The minimum atomic E-state index is -0.699. The summed E-state index contributed by atoms with van der Waals surface area (Å²) in [5.41, 5.74) is 7.22. The van der Waals surface area contributed by atoms with E-state index < -0.39 is 12.0 Å². The second kappa shape index (κ2) is 8.43. The maximum absolute atomic E-state index is 12.7. The van der Waals surface area contributed by atoms with Crippen LogP contribution >= 0.6 is 15.9 Å². The van der Waals surface area contributed by atoms with Crippen LogP contribution in [0.4, 0.5) is 11.4 Å². The molecule has 1 aliphatic heterocycles. The third-order valence-electron chi connectivity index (χ3n) is 4.48. The zero-order chi connectivity index (χ0) is 19.4. The average molecular weight is 432 g/mol.